The maximum absolute atomic E-state index is 12.8. The van der Waals surface area contributed by atoms with Crippen molar-refractivity contribution in [2.45, 2.75) is 24.5 Å². The van der Waals surface area contributed by atoms with E-state index in [0.717, 1.165) is 34.7 Å². The topological polar surface area (TPSA) is 76.0 Å². The minimum atomic E-state index is -0.391. The molecule has 0 unspecified atom stereocenters. The lowest BCUT2D eigenvalue weighted by molar-refractivity contribution is -0.121. The van der Waals surface area contributed by atoms with Gasteiger partial charge in [0.15, 0.2) is 0 Å². The molecule has 0 fully saturated rings. The van der Waals surface area contributed by atoms with Crippen LogP contribution in [0.25, 0.3) is 0 Å². The third-order valence-corrected chi connectivity index (χ3v) is 6.43. The molecule has 0 saturated heterocycles. The van der Waals surface area contributed by atoms with E-state index in [1.807, 2.05) is 30.3 Å². The van der Waals surface area contributed by atoms with Gasteiger partial charge in [-0.2, -0.15) is 16.9 Å². The van der Waals surface area contributed by atoms with Crippen molar-refractivity contribution in [3.63, 3.8) is 0 Å². The Morgan fingerprint density at radius 2 is 1.90 bits per heavy atom. The molecule has 2 amide bonds. The van der Waals surface area contributed by atoms with Crippen LogP contribution in [0.5, 0.6) is 0 Å². The lowest BCUT2D eigenvalue weighted by Gasteiger charge is -2.12. The van der Waals surface area contributed by atoms with Gasteiger partial charge in [-0.05, 0) is 30.2 Å². The molecule has 6 nitrogen and oxygen atoms in total. The largest absolute Gasteiger partial charge is 0.354 e. The molecule has 4 rings (SSSR count). The van der Waals surface area contributed by atoms with Crippen LogP contribution in [-0.2, 0) is 29.3 Å². The fourth-order valence-corrected chi connectivity index (χ4v) is 4.76. The molecule has 1 aromatic heterocycles. The van der Waals surface area contributed by atoms with Crippen molar-refractivity contribution >= 4 is 52.6 Å². The predicted octanol–water partition coefficient (Wildman–Crippen LogP) is 4.55. The fourth-order valence-electron chi connectivity index (χ4n) is 3.35. The standard InChI is InChI=1S/C22H20Cl2N4O2S/c23-15-6-7-18(24)16(10-15)22(30)26-21-17-12-31-13-19(17)27-28(21)11-20(29)25-9-8-14-4-2-1-3-5-14/h1-7,10H,8-9,11-13H2,(H,25,29)(H,26,30). The van der Waals surface area contributed by atoms with E-state index < -0.39 is 5.91 Å². The van der Waals surface area contributed by atoms with Gasteiger partial charge in [0.2, 0.25) is 5.91 Å². The van der Waals surface area contributed by atoms with Gasteiger partial charge in [0.25, 0.3) is 5.91 Å². The molecule has 160 valence electrons. The van der Waals surface area contributed by atoms with E-state index >= 15 is 0 Å². The molecule has 2 heterocycles. The number of benzene rings is 2. The second-order valence-corrected chi connectivity index (χ2v) is 8.92. The number of amides is 2. The molecule has 0 atom stereocenters. The van der Waals surface area contributed by atoms with Crippen molar-refractivity contribution < 1.29 is 9.59 Å². The Bertz CT molecular complexity index is 1120. The molecule has 0 aliphatic carbocycles. The van der Waals surface area contributed by atoms with E-state index in [1.54, 1.807) is 28.6 Å². The second-order valence-electron chi connectivity index (χ2n) is 7.09. The number of anilines is 1. The Hall–Kier alpha value is -2.48. The number of hydrogen-bond donors (Lipinski definition) is 2. The molecular formula is C22H20Cl2N4O2S. The Morgan fingerprint density at radius 1 is 1.10 bits per heavy atom. The van der Waals surface area contributed by atoms with Crippen LogP contribution in [0.15, 0.2) is 48.5 Å². The summed E-state index contributed by atoms with van der Waals surface area (Å²) >= 11 is 13.9. The summed E-state index contributed by atoms with van der Waals surface area (Å²) in [5.74, 6) is 1.45. The highest BCUT2D eigenvalue weighted by Crippen LogP contribution is 2.35. The van der Waals surface area contributed by atoms with Crippen molar-refractivity contribution in [2.24, 2.45) is 0 Å². The first kappa shape index (κ1) is 21.7. The van der Waals surface area contributed by atoms with Crippen LogP contribution in [0.4, 0.5) is 5.82 Å². The Morgan fingerprint density at radius 3 is 2.71 bits per heavy atom. The normalized spacial score (nSPS) is 12.5. The Balaban J connectivity index is 1.45. The predicted molar refractivity (Wildman–Crippen MR) is 125 cm³/mol. The Labute approximate surface area is 194 Å². The summed E-state index contributed by atoms with van der Waals surface area (Å²) in [7, 11) is 0. The van der Waals surface area contributed by atoms with E-state index in [9.17, 15) is 9.59 Å². The first-order chi connectivity index (χ1) is 15.0. The van der Waals surface area contributed by atoms with Crippen LogP contribution < -0.4 is 10.6 Å². The van der Waals surface area contributed by atoms with Crippen LogP contribution in [-0.4, -0.2) is 28.1 Å². The number of fused-ring (bicyclic) bond motifs is 1. The Kier molecular flexibility index (Phi) is 6.85. The quantitative estimate of drug-likeness (QED) is 0.526. The van der Waals surface area contributed by atoms with Gasteiger partial charge in [-0.3, -0.25) is 9.59 Å². The van der Waals surface area contributed by atoms with Crippen molar-refractivity contribution in [2.75, 3.05) is 11.9 Å². The van der Waals surface area contributed by atoms with Gasteiger partial charge < -0.3 is 10.6 Å². The zero-order valence-corrected chi connectivity index (χ0v) is 18.9. The van der Waals surface area contributed by atoms with E-state index in [2.05, 4.69) is 15.7 Å². The number of hydrogen-bond acceptors (Lipinski definition) is 4. The lowest BCUT2D eigenvalue weighted by Crippen LogP contribution is -2.30. The van der Waals surface area contributed by atoms with Gasteiger partial charge in [0, 0.05) is 28.6 Å². The minimum absolute atomic E-state index is 0.0192. The van der Waals surface area contributed by atoms with E-state index in [0.29, 0.717) is 22.4 Å². The van der Waals surface area contributed by atoms with E-state index in [-0.39, 0.29) is 18.0 Å². The smallest absolute Gasteiger partial charge is 0.258 e. The van der Waals surface area contributed by atoms with Crippen LogP contribution in [0.3, 0.4) is 0 Å². The average Bonchev–Trinajstić information content (AvgIpc) is 3.33. The monoisotopic (exact) mass is 474 g/mol. The van der Waals surface area contributed by atoms with Crippen LogP contribution in [0, 0.1) is 0 Å². The third-order valence-electron chi connectivity index (χ3n) is 4.90. The highest BCUT2D eigenvalue weighted by Gasteiger charge is 2.25. The second kappa shape index (κ2) is 9.77. The molecule has 0 saturated carbocycles. The van der Waals surface area contributed by atoms with Crippen LogP contribution in [0.2, 0.25) is 10.0 Å². The molecule has 1 aliphatic heterocycles. The molecule has 0 radical (unpaired) electrons. The van der Waals surface area contributed by atoms with Crippen molar-refractivity contribution in [3.8, 4) is 0 Å². The maximum Gasteiger partial charge on any atom is 0.258 e. The number of carbonyl (C=O) groups excluding carboxylic acids is 2. The SMILES string of the molecule is O=C(Cn1nc2c(c1NC(=O)c1cc(Cl)ccc1Cl)CSC2)NCCc1ccccc1. The number of aromatic nitrogens is 2. The lowest BCUT2D eigenvalue weighted by atomic mass is 10.1. The number of carbonyl (C=O) groups is 2. The summed E-state index contributed by atoms with van der Waals surface area (Å²) in [5.41, 5.74) is 3.25. The van der Waals surface area contributed by atoms with E-state index in [4.69, 9.17) is 23.2 Å². The third kappa shape index (κ3) is 5.23. The number of halogens is 2. The zero-order valence-electron chi connectivity index (χ0n) is 16.5. The molecule has 9 heteroatoms. The highest BCUT2D eigenvalue weighted by molar-refractivity contribution is 7.98. The van der Waals surface area contributed by atoms with Gasteiger partial charge in [-0.1, -0.05) is 53.5 Å². The number of rotatable bonds is 7. The van der Waals surface area contributed by atoms with Crippen LogP contribution >= 0.6 is 35.0 Å². The molecule has 2 N–H and O–H groups in total. The number of nitrogens with zero attached hydrogens (tertiary/aromatic N) is 2. The summed E-state index contributed by atoms with van der Waals surface area (Å²) in [5, 5.41) is 11.1. The van der Waals surface area contributed by atoms with Gasteiger partial charge >= 0.3 is 0 Å². The van der Waals surface area contributed by atoms with Crippen molar-refractivity contribution in [3.05, 3.63) is 81.0 Å². The zero-order chi connectivity index (χ0) is 21.8. The number of thioether (sulfide) groups is 1. The summed E-state index contributed by atoms with van der Waals surface area (Å²) in [6.07, 6.45) is 0.746. The summed E-state index contributed by atoms with van der Waals surface area (Å²) in [6.45, 7) is 0.546. The first-order valence-electron chi connectivity index (χ1n) is 9.74. The first-order valence-corrected chi connectivity index (χ1v) is 11.7. The molecule has 2 aromatic carbocycles. The van der Waals surface area contributed by atoms with Crippen molar-refractivity contribution in [1.29, 1.82) is 0 Å². The molecule has 0 spiro atoms. The maximum atomic E-state index is 12.8. The molecule has 31 heavy (non-hydrogen) atoms. The highest BCUT2D eigenvalue weighted by atomic mass is 35.5. The molecule has 1 aliphatic rings. The van der Waals surface area contributed by atoms with Gasteiger partial charge in [0.1, 0.15) is 12.4 Å². The number of nitrogens with one attached hydrogen (secondary N) is 2. The minimum Gasteiger partial charge on any atom is -0.354 e. The summed E-state index contributed by atoms with van der Waals surface area (Å²) in [6, 6.07) is 14.7. The molecule has 3 aromatic rings. The average molecular weight is 475 g/mol. The van der Waals surface area contributed by atoms with Gasteiger partial charge in [-0.25, -0.2) is 4.68 Å². The van der Waals surface area contributed by atoms with Gasteiger partial charge in [0.05, 0.1) is 16.3 Å². The van der Waals surface area contributed by atoms with Crippen molar-refractivity contribution in [1.82, 2.24) is 15.1 Å². The summed E-state index contributed by atoms with van der Waals surface area (Å²) in [4.78, 5) is 25.4. The molecule has 0 bridgehead atoms. The summed E-state index contributed by atoms with van der Waals surface area (Å²) < 4.78 is 1.55. The fraction of sp³-hybridized carbons (Fsp3) is 0.227. The van der Waals surface area contributed by atoms with Gasteiger partial charge in [-0.15, -0.1) is 0 Å². The van der Waals surface area contributed by atoms with E-state index in [1.165, 1.54) is 6.07 Å². The molecular weight excluding hydrogens is 455 g/mol. The van der Waals surface area contributed by atoms with Crippen LogP contribution in [0.1, 0.15) is 27.2 Å².